The first-order valence-electron chi connectivity index (χ1n) is 6.84. The molecule has 0 radical (unpaired) electrons. The molecule has 0 fully saturated rings. The van der Waals surface area contributed by atoms with Crippen LogP contribution >= 0.6 is 0 Å². The van der Waals surface area contributed by atoms with Crippen LogP contribution in [0.3, 0.4) is 0 Å². The predicted octanol–water partition coefficient (Wildman–Crippen LogP) is 0.783. The molecule has 3 amide bonds. The van der Waals surface area contributed by atoms with Gasteiger partial charge in [-0.15, -0.1) is 0 Å². The topological polar surface area (TPSA) is 113 Å². The molecule has 1 atom stereocenters. The van der Waals surface area contributed by atoms with Crippen LogP contribution in [0.15, 0.2) is 0 Å². The summed E-state index contributed by atoms with van der Waals surface area (Å²) in [5.41, 5.74) is 5.10. The molecule has 0 aromatic rings. The summed E-state index contributed by atoms with van der Waals surface area (Å²) >= 11 is 0. The third kappa shape index (κ3) is 7.60. The molecule has 7 nitrogen and oxygen atoms in total. The molecule has 0 bridgehead atoms. The SMILES string of the molecule is CCCCN(CC(N)=O)C(=O)N[C@H](CC(C)C)C(=O)O. The maximum absolute atomic E-state index is 12.0. The molecule has 0 aliphatic heterocycles. The number of nitrogens with one attached hydrogen (secondary N) is 1. The van der Waals surface area contributed by atoms with Crippen molar-refractivity contribution in [1.82, 2.24) is 10.2 Å². The van der Waals surface area contributed by atoms with Gasteiger partial charge in [-0.2, -0.15) is 0 Å². The van der Waals surface area contributed by atoms with E-state index >= 15 is 0 Å². The Kier molecular flexibility index (Phi) is 8.35. The van der Waals surface area contributed by atoms with E-state index in [1.807, 2.05) is 20.8 Å². The van der Waals surface area contributed by atoms with Gasteiger partial charge in [-0.1, -0.05) is 27.2 Å². The second-order valence-corrected chi connectivity index (χ2v) is 5.21. The first-order chi connectivity index (χ1) is 9.27. The van der Waals surface area contributed by atoms with Gasteiger partial charge >= 0.3 is 12.0 Å². The molecule has 0 saturated heterocycles. The monoisotopic (exact) mass is 287 g/mol. The summed E-state index contributed by atoms with van der Waals surface area (Å²) in [6.45, 7) is 5.87. The Morgan fingerprint density at radius 3 is 2.30 bits per heavy atom. The van der Waals surface area contributed by atoms with Crippen LogP contribution in [0.1, 0.15) is 40.0 Å². The zero-order valence-corrected chi connectivity index (χ0v) is 12.4. The zero-order valence-electron chi connectivity index (χ0n) is 12.4. The zero-order chi connectivity index (χ0) is 15.7. The van der Waals surface area contributed by atoms with Crippen LogP contribution in [0.5, 0.6) is 0 Å². The van der Waals surface area contributed by atoms with Crippen LogP contribution in [-0.4, -0.2) is 47.0 Å². The molecule has 0 saturated carbocycles. The molecule has 0 unspecified atom stereocenters. The molecular formula is C13H25N3O4. The number of carbonyl (C=O) groups excluding carboxylic acids is 2. The minimum atomic E-state index is -1.08. The molecule has 0 aliphatic carbocycles. The Hall–Kier alpha value is -1.79. The summed E-state index contributed by atoms with van der Waals surface area (Å²) in [5.74, 6) is -1.56. The molecule has 0 heterocycles. The molecule has 0 spiro atoms. The van der Waals surface area contributed by atoms with Gasteiger partial charge in [0.15, 0.2) is 0 Å². The summed E-state index contributed by atoms with van der Waals surface area (Å²) in [5, 5.41) is 11.5. The van der Waals surface area contributed by atoms with Crippen LogP contribution in [0.4, 0.5) is 4.79 Å². The molecular weight excluding hydrogens is 262 g/mol. The van der Waals surface area contributed by atoms with Crippen molar-refractivity contribution in [3.8, 4) is 0 Å². The Morgan fingerprint density at radius 2 is 1.90 bits per heavy atom. The van der Waals surface area contributed by atoms with Gasteiger partial charge in [0.25, 0.3) is 0 Å². The van der Waals surface area contributed by atoms with Crippen molar-refractivity contribution in [2.24, 2.45) is 11.7 Å². The molecule has 0 rings (SSSR count). The molecule has 116 valence electrons. The Bertz CT molecular complexity index is 345. The number of nitrogens with two attached hydrogens (primary N) is 1. The molecule has 0 aromatic carbocycles. The van der Waals surface area contributed by atoms with E-state index in [0.29, 0.717) is 13.0 Å². The Morgan fingerprint density at radius 1 is 1.30 bits per heavy atom. The van der Waals surface area contributed by atoms with E-state index in [0.717, 1.165) is 12.8 Å². The van der Waals surface area contributed by atoms with E-state index in [-0.39, 0.29) is 12.5 Å². The van der Waals surface area contributed by atoms with Crippen LogP contribution < -0.4 is 11.1 Å². The summed E-state index contributed by atoms with van der Waals surface area (Å²) in [4.78, 5) is 35.3. The maximum Gasteiger partial charge on any atom is 0.326 e. The number of aliphatic carboxylic acids is 1. The first-order valence-corrected chi connectivity index (χ1v) is 6.84. The maximum atomic E-state index is 12.0. The highest BCUT2D eigenvalue weighted by Crippen LogP contribution is 2.06. The fourth-order valence-corrected chi connectivity index (χ4v) is 1.72. The largest absolute Gasteiger partial charge is 0.480 e. The highest BCUT2D eigenvalue weighted by atomic mass is 16.4. The van der Waals surface area contributed by atoms with Crippen molar-refractivity contribution in [3.05, 3.63) is 0 Å². The van der Waals surface area contributed by atoms with Crippen molar-refractivity contribution in [2.45, 2.75) is 46.1 Å². The van der Waals surface area contributed by atoms with E-state index in [9.17, 15) is 14.4 Å². The molecule has 0 aromatic heterocycles. The second-order valence-electron chi connectivity index (χ2n) is 5.21. The van der Waals surface area contributed by atoms with Crippen molar-refractivity contribution in [3.63, 3.8) is 0 Å². The number of unbranched alkanes of at least 4 members (excludes halogenated alkanes) is 1. The highest BCUT2D eigenvalue weighted by Gasteiger charge is 2.24. The predicted molar refractivity (Wildman–Crippen MR) is 75.1 cm³/mol. The summed E-state index contributed by atoms with van der Waals surface area (Å²) in [7, 11) is 0. The van der Waals surface area contributed by atoms with E-state index in [1.165, 1.54) is 4.90 Å². The summed E-state index contributed by atoms with van der Waals surface area (Å²) in [6.07, 6.45) is 1.92. The number of rotatable bonds is 9. The van der Waals surface area contributed by atoms with E-state index in [1.54, 1.807) is 0 Å². The minimum absolute atomic E-state index is 0.136. The van der Waals surface area contributed by atoms with E-state index < -0.39 is 23.9 Å². The van der Waals surface area contributed by atoms with Crippen LogP contribution in [-0.2, 0) is 9.59 Å². The Balaban J connectivity index is 4.68. The minimum Gasteiger partial charge on any atom is -0.480 e. The van der Waals surface area contributed by atoms with Crippen molar-refractivity contribution < 1.29 is 19.5 Å². The number of urea groups is 1. The number of hydrogen-bond donors (Lipinski definition) is 3. The molecule has 4 N–H and O–H groups in total. The Labute approximate surface area is 119 Å². The van der Waals surface area contributed by atoms with Crippen molar-refractivity contribution in [2.75, 3.05) is 13.1 Å². The first kappa shape index (κ1) is 18.2. The average Bonchev–Trinajstić information content (AvgIpc) is 2.32. The second kappa shape index (κ2) is 9.17. The number of carboxylic acids is 1. The highest BCUT2D eigenvalue weighted by molar-refractivity contribution is 5.86. The van der Waals surface area contributed by atoms with E-state index in [2.05, 4.69) is 5.32 Å². The lowest BCUT2D eigenvalue weighted by atomic mass is 10.0. The number of primary amides is 1. The van der Waals surface area contributed by atoms with Gasteiger partial charge in [0.2, 0.25) is 5.91 Å². The van der Waals surface area contributed by atoms with Gasteiger partial charge < -0.3 is 21.1 Å². The average molecular weight is 287 g/mol. The molecule has 20 heavy (non-hydrogen) atoms. The lowest BCUT2D eigenvalue weighted by molar-refractivity contribution is -0.139. The van der Waals surface area contributed by atoms with E-state index in [4.69, 9.17) is 10.8 Å². The lowest BCUT2D eigenvalue weighted by Gasteiger charge is -2.24. The van der Waals surface area contributed by atoms with Gasteiger partial charge in [0.05, 0.1) is 0 Å². The van der Waals surface area contributed by atoms with Gasteiger partial charge in [0.1, 0.15) is 12.6 Å². The standard InChI is InChI=1S/C13H25N3O4/c1-4-5-6-16(8-11(14)17)13(20)15-10(12(18)19)7-9(2)3/h9-10H,4-8H2,1-3H3,(H2,14,17)(H,15,20)(H,18,19)/t10-/m1/s1. The number of nitrogens with zero attached hydrogens (tertiary/aromatic N) is 1. The van der Waals surface area contributed by atoms with Crippen LogP contribution in [0.2, 0.25) is 0 Å². The molecule has 7 heteroatoms. The lowest BCUT2D eigenvalue weighted by Crippen LogP contribution is -2.50. The van der Waals surface area contributed by atoms with Crippen LogP contribution in [0, 0.1) is 5.92 Å². The number of hydrogen-bond acceptors (Lipinski definition) is 3. The van der Waals surface area contributed by atoms with Gasteiger partial charge in [-0.3, -0.25) is 4.79 Å². The smallest absolute Gasteiger partial charge is 0.326 e. The fourth-order valence-electron chi connectivity index (χ4n) is 1.72. The van der Waals surface area contributed by atoms with Crippen molar-refractivity contribution in [1.29, 1.82) is 0 Å². The third-order valence-electron chi connectivity index (χ3n) is 2.72. The normalized spacial score (nSPS) is 12.0. The quantitative estimate of drug-likeness (QED) is 0.581. The van der Waals surface area contributed by atoms with Gasteiger partial charge in [-0.25, -0.2) is 9.59 Å². The van der Waals surface area contributed by atoms with Gasteiger partial charge in [-0.05, 0) is 18.8 Å². The van der Waals surface area contributed by atoms with Gasteiger partial charge in [0, 0.05) is 6.54 Å². The number of carboxylic acid groups (broad SMARTS) is 1. The summed E-state index contributed by atoms with van der Waals surface area (Å²) < 4.78 is 0. The number of amides is 3. The fraction of sp³-hybridized carbons (Fsp3) is 0.769. The number of carbonyl (C=O) groups is 3. The van der Waals surface area contributed by atoms with Crippen molar-refractivity contribution >= 4 is 17.9 Å². The summed E-state index contributed by atoms with van der Waals surface area (Å²) in [6, 6.07) is -1.52. The third-order valence-corrected chi connectivity index (χ3v) is 2.72. The van der Waals surface area contributed by atoms with Crippen LogP contribution in [0.25, 0.3) is 0 Å². The molecule has 0 aliphatic rings.